The number of nitrogens with one attached hydrogen (secondary N) is 2. The van der Waals surface area contributed by atoms with Gasteiger partial charge in [0.2, 0.25) is 0 Å². The first kappa shape index (κ1) is 19.7. The molecule has 0 atom stereocenters. The van der Waals surface area contributed by atoms with E-state index in [1.807, 2.05) is 68.6 Å². The summed E-state index contributed by atoms with van der Waals surface area (Å²) in [6.45, 7) is 6.04. The lowest BCUT2D eigenvalue weighted by Gasteiger charge is -2.22. The maximum absolute atomic E-state index is 12.7. The third-order valence-electron chi connectivity index (χ3n) is 4.45. The fourth-order valence-corrected chi connectivity index (χ4v) is 2.90. The third-order valence-corrected chi connectivity index (χ3v) is 4.45. The fraction of sp³-hybridized carbons (Fsp3) is 0.227. The molecule has 0 saturated heterocycles. The lowest BCUT2D eigenvalue weighted by Crippen LogP contribution is -2.30. The second-order valence-electron chi connectivity index (χ2n) is 7.61. The Kier molecular flexibility index (Phi) is 5.06. The number of alkyl halides is 3. The van der Waals surface area contributed by atoms with E-state index in [2.05, 4.69) is 5.32 Å². The first-order valence-electron chi connectivity index (χ1n) is 8.83. The summed E-state index contributed by atoms with van der Waals surface area (Å²) in [6.07, 6.45) is -4.96. The highest BCUT2D eigenvalue weighted by atomic mass is 19.4. The van der Waals surface area contributed by atoms with Crippen molar-refractivity contribution in [3.05, 3.63) is 66.2 Å². The molecule has 0 aliphatic rings. The predicted octanol–water partition coefficient (Wildman–Crippen LogP) is 6.38. The molecule has 3 rings (SSSR count). The number of hydrogen-bond acceptors (Lipinski definition) is 2. The van der Waals surface area contributed by atoms with Crippen LogP contribution in [0.1, 0.15) is 26.3 Å². The van der Waals surface area contributed by atoms with Gasteiger partial charge in [-0.15, -0.1) is 0 Å². The van der Waals surface area contributed by atoms with Crippen molar-refractivity contribution >= 4 is 33.7 Å². The van der Waals surface area contributed by atoms with Gasteiger partial charge in [-0.25, -0.2) is 0 Å². The number of fused-ring (bicyclic) bond motifs is 1. The number of carbonyl (C=O) groups excluding carboxylic acids is 1. The van der Waals surface area contributed by atoms with Crippen LogP contribution in [0.25, 0.3) is 10.8 Å². The van der Waals surface area contributed by atoms with E-state index in [0.29, 0.717) is 5.69 Å². The summed E-state index contributed by atoms with van der Waals surface area (Å²) in [7, 11) is 0. The van der Waals surface area contributed by atoms with Crippen LogP contribution in [0.15, 0.2) is 60.7 Å². The molecule has 0 aromatic heterocycles. The van der Waals surface area contributed by atoms with Crippen LogP contribution in [0.4, 0.5) is 30.2 Å². The molecule has 0 bridgehead atoms. The molecule has 3 nitrogen and oxygen atoms in total. The Bertz CT molecular complexity index is 1010. The molecule has 1 amide bonds. The lowest BCUT2D eigenvalue weighted by atomic mass is 9.86. The van der Waals surface area contributed by atoms with Crippen LogP contribution in [0.5, 0.6) is 0 Å². The van der Waals surface area contributed by atoms with E-state index in [9.17, 15) is 18.0 Å². The molecule has 0 radical (unpaired) electrons. The Morgan fingerprint density at radius 1 is 0.821 bits per heavy atom. The van der Waals surface area contributed by atoms with Crippen LogP contribution in [-0.2, 0) is 10.2 Å². The molecule has 0 aliphatic carbocycles. The molecule has 3 aromatic rings. The van der Waals surface area contributed by atoms with Crippen LogP contribution in [0.2, 0.25) is 0 Å². The SMILES string of the molecule is CC(C)(C)c1ccc(NC(=O)C(F)(F)F)c(Nc2cccc3ccccc23)c1. The van der Waals surface area contributed by atoms with Gasteiger partial charge in [-0.2, -0.15) is 13.2 Å². The summed E-state index contributed by atoms with van der Waals surface area (Å²) in [5.74, 6) is -2.00. The summed E-state index contributed by atoms with van der Waals surface area (Å²) in [6, 6.07) is 18.4. The van der Waals surface area contributed by atoms with Gasteiger partial charge in [0.1, 0.15) is 0 Å². The predicted molar refractivity (Wildman–Crippen MR) is 107 cm³/mol. The van der Waals surface area contributed by atoms with E-state index in [-0.39, 0.29) is 11.1 Å². The molecule has 0 fully saturated rings. The van der Waals surface area contributed by atoms with Crippen molar-refractivity contribution in [1.29, 1.82) is 0 Å². The van der Waals surface area contributed by atoms with E-state index in [1.54, 1.807) is 12.1 Å². The topological polar surface area (TPSA) is 41.1 Å². The maximum atomic E-state index is 12.7. The van der Waals surface area contributed by atoms with Crippen LogP contribution in [0, 0.1) is 0 Å². The largest absolute Gasteiger partial charge is 0.471 e. The summed E-state index contributed by atoms with van der Waals surface area (Å²) in [4.78, 5) is 11.5. The molecule has 0 heterocycles. The van der Waals surface area contributed by atoms with Gasteiger partial charge in [0.15, 0.2) is 0 Å². The zero-order chi connectivity index (χ0) is 20.5. The Labute approximate surface area is 161 Å². The average molecular weight is 386 g/mol. The van der Waals surface area contributed by atoms with Gasteiger partial charge in [0, 0.05) is 11.1 Å². The summed E-state index contributed by atoms with van der Waals surface area (Å²) >= 11 is 0. The summed E-state index contributed by atoms with van der Waals surface area (Å²) in [5.41, 5.74) is 1.94. The van der Waals surface area contributed by atoms with Crippen LogP contribution < -0.4 is 10.6 Å². The van der Waals surface area contributed by atoms with Crippen molar-refractivity contribution in [2.45, 2.75) is 32.4 Å². The van der Waals surface area contributed by atoms with Crippen molar-refractivity contribution < 1.29 is 18.0 Å². The fourth-order valence-electron chi connectivity index (χ4n) is 2.90. The van der Waals surface area contributed by atoms with Crippen molar-refractivity contribution in [3.8, 4) is 0 Å². The number of hydrogen-bond donors (Lipinski definition) is 2. The standard InChI is InChI=1S/C22H21F3N2O/c1-21(2,3)15-11-12-18(27-20(28)22(23,24)25)19(13-15)26-17-10-6-8-14-7-4-5-9-16(14)17/h4-13,26H,1-3H3,(H,27,28). The number of anilines is 3. The van der Waals surface area contributed by atoms with E-state index in [4.69, 9.17) is 0 Å². The van der Waals surface area contributed by atoms with Gasteiger partial charge in [-0.1, -0.05) is 63.2 Å². The summed E-state index contributed by atoms with van der Waals surface area (Å²) in [5, 5.41) is 7.10. The first-order valence-corrected chi connectivity index (χ1v) is 8.83. The lowest BCUT2D eigenvalue weighted by molar-refractivity contribution is -0.167. The quantitative estimate of drug-likeness (QED) is 0.548. The smallest absolute Gasteiger partial charge is 0.353 e. The molecule has 6 heteroatoms. The number of carbonyl (C=O) groups is 1. The van der Waals surface area contributed by atoms with Crippen molar-refractivity contribution in [2.75, 3.05) is 10.6 Å². The van der Waals surface area contributed by atoms with Crippen molar-refractivity contribution in [2.24, 2.45) is 0 Å². The highest BCUT2D eigenvalue weighted by Crippen LogP contribution is 2.35. The van der Waals surface area contributed by atoms with E-state index in [0.717, 1.165) is 22.0 Å². The molecule has 0 unspecified atom stereocenters. The minimum absolute atomic E-state index is 0.0725. The minimum Gasteiger partial charge on any atom is -0.353 e. The number of halogens is 3. The van der Waals surface area contributed by atoms with E-state index >= 15 is 0 Å². The molecule has 146 valence electrons. The zero-order valence-electron chi connectivity index (χ0n) is 15.8. The number of benzene rings is 3. The van der Waals surface area contributed by atoms with Gasteiger partial charge in [0.25, 0.3) is 0 Å². The average Bonchev–Trinajstić information content (AvgIpc) is 2.61. The van der Waals surface area contributed by atoms with Crippen LogP contribution in [0.3, 0.4) is 0 Å². The minimum atomic E-state index is -4.96. The molecule has 0 aliphatic heterocycles. The molecular weight excluding hydrogens is 365 g/mol. The number of rotatable bonds is 3. The van der Waals surface area contributed by atoms with Gasteiger partial charge in [-0.3, -0.25) is 4.79 Å². The van der Waals surface area contributed by atoms with Gasteiger partial charge < -0.3 is 10.6 Å². The van der Waals surface area contributed by atoms with Crippen LogP contribution >= 0.6 is 0 Å². The molecule has 2 N–H and O–H groups in total. The third kappa shape index (κ3) is 4.27. The number of amides is 1. The van der Waals surface area contributed by atoms with E-state index in [1.165, 1.54) is 6.07 Å². The van der Waals surface area contributed by atoms with Gasteiger partial charge in [0.05, 0.1) is 11.4 Å². The van der Waals surface area contributed by atoms with Crippen LogP contribution in [-0.4, -0.2) is 12.1 Å². The molecule has 3 aromatic carbocycles. The van der Waals surface area contributed by atoms with E-state index < -0.39 is 12.1 Å². The van der Waals surface area contributed by atoms with Crippen molar-refractivity contribution in [1.82, 2.24) is 0 Å². The molecular formula is C22H21F3N2O. The Balaban J connectivity index is 2.07. The molecule has 0 saturated carbocycles. The summed E-state index contributed by atoms with van der Waals surface area (Å²) < 4.78 is 38.2. The second kappa shape index (κ2) is 7.19. The Morgan fingerprint density at radius 3 is 2.18 bits per heavy atom. The Morgan fingerprint density at radius 2 is 1.50 bits per heavy atom. The first-order chi connectivity index (χ1) is 13.1. The highest BCUT2D eigenvalue weighted by molar-refractivity contribution is 6.00. The highest BCUT2D eigenvalue weighted by Gasteiger charge is 2.39. The zero-order valence-corrected chi connectivity index (χ0v) is 15.8. The van der Waals surface area contributed by atoms with Gasteiger partial charge >= 0.3 is 12.1 Å². The Hall–Kier alpha value is -3.02. The molecule has 0 spiro atoms. The normalized spacial score (nSPS) is 12.1. The maximum Gasteiger partial charge on any atom is 0.471 e. The second-order valence-corrected chi connectivity index (χ2v) is 7.61. The van der Waals surface area contributed by atoms with Gasteiger partial charge in [-0.05, 0) is 34.6 Å². The monoisotopic (exact) mass is 386 g/mol. The molecule has 28 heavy (non-hydrogen) atoms. The van der Waals surface area contributed by atoms with Crippen molar-refractivity contribution in [3.63, 3.8) is 0 Å².